The number of hydrogen-bond donors (Lipinski definition) is 4. The summed E-state index contributed by atoms with van der Waals surface area (Å²) in [4.78, 5) is 4.26. The molecular formula is C22H30FN9O. The lowest BCUT2D eigenvalue weighted by atomic mass is 9.89. The van der Waals surface area contributed by atoms with Crippen LogP contribution in [0.2, 0.25) is 0 Å². The lowest BCUT2D eigenvalue weighted by Gasteiger charge is -2.35. The number of hydrogen-bond acceptors (Lipinski definition) is 9. The van der Waals surface area contributed by atoms with Gasteiger partial charge >= 0.3 is 0 Å². The van der Waals surface area contributed by atoms with Crippen molar-refractivity contribution in [3.8, 4) is 11.4 Å². The van der Waals surface area contributed by atoms with Crippen LogP contribution < -0.4 is 26.4 Å². The third-order valence-corrected chi connectivity index (χ3v) is 6.74. The van der Waals surface area contributed by atoms with Crippen molar-refractivity contribution in [2.24, 2.45) is 16.6 Å². The van der Waals surface area contributed by atoms with Gasteiger partial charge < -0.3 is 20.7 Å². The first-order valence-corrected chi connectivity index (χ1v) is 11.1. The molecule has 5 N–H and O–H groups in total. The van der Waals surface area contributed by atoms with Crippen molar-refractivity contribution in [2.45, 2.75) is 64.0 Å². The minimum absolute atomic E-state index is 0.0399. The van der Waals surface area contributed by atoms with Crippen LogP contribution >= 0.6 is 0 Å². The molecule has 3 aliphatic heterocycles. The highest BCUT2D eigenvalue weighted by Gasteiger charge is 2.40. The number of rotatable bonds is 4. The zero-order chi connectivity index (χ0) is 23.6. The standard InChI is InChI=1S/C22H30FN9O/c1-12-8-14(20(2,3)27-12)10-25-18-15(23)11-26-22(24,28-18)13-6-7-17-16(9-13)32-19(29-30-31-32)21(4,5)33-17/h6-7,9,11-12,14,25,27-28H,8,10,24H2,1-5H3/t12?,14-,22?/m0/s1. The first-order chi connectivity index (χ1) is 15.5. The van der Waals surface area contributed by atoms with Gasteiger partial charge in [-0.15, -0.1) is 5.10 Å². The number of aliphatic imine (C=N–C) groups is 1. The van der Waals surface area contributed by atoms with E-state index >= 15 is 0 Å². The van der Waals surface area contributed by atoms with E-state index in [9.17, 15) is 4.39 Å². The fraction of sp³-hybridized carbons (Fsp3) is 0.545. The van der Waals surface area contributed by atoms with Crippen LogP contribution in [0.1, 0.15) is 52.4 Å². The van der Waals surface area contributed by atoms with Crippen molar-refractivity contribution in [1.82, 2.24) is 36.2 Å². The molecule has 2 aromatic rings. The van der Waals surface area contributed by atoms with Gasteiger partial charge in [0.25, 0.3) is 0 Å². The maximum atomic E-state index is 14.6. The van der Waals surface area contributed by atoms with Gasteiger partial charge in [-0.2, -0.15) is 4.68 Å². The fourth-order valence-corrected chi connectivity index (χ4v) is 4.93. The van der Waals surface area contributed by atoms with E-state index in [1.807, 2.05) is 13.8 Å². The second-order valence-corrected chi connectivity index (χ2v) is 10.2. The molecule has 3 aliphatic rings. The van der Waals surface area contributed by atoms with Crippen molar-refractivity contribution < 1.29 is 9.13 Å². The molecule has 1 aromatic carbocycles. The number of fused-ring (bicyclic) bond motifs is 3. The Morgan fingerprint density at radius 1 is 1.30 bits per heavy atom. The Kier molecular flexibility index (Phi) is 4.77. The van der Waals surface area contributed by atoms with Gasteiger partial charge in [-0.1, -0.05) is 0 Å². The first kappa shape index (κ1) is 21.8. The number of nitrogens with two attached hydrogens (primary N) is 1. The number of nitrogens with one attached hydrogen (secondary N) is 3. The fourth-order valence-electron chi connectivity index (χ4n) is 4.93. The molecule has 2 unspecified atom stereocenters. The number of tetrazole rings is 1. The molecule has 0 spiro atoms. The zero-order valence-electron chi connectivity index (χ0n) is 19.5. The van der Waals surface area contributed by atoms with Crippen molar-refractivity contribution in [2.75, 3.05) is 6.54 Å². The maximum absolute atomic E-state index is 14.6. The molecule has 0 amide bonds. The minimum Gasteiger partial charge on any atom is -0.478 e. The number of ether oxygens (including phenoxy) is 1. The monoisotopic (exact) mass is 455 g/mol. The smallest absolute Gasteiger partial charge is 0.210 e. The molecule has 4 heterocycles. The van der Waals surface area contributed by atoms with Crippen molar-refractivity contribution in [3.63, 3.8) is 0 Å². The van der Waals surface area contributed by atoms with Crippen LogP contribution in [-0.4, -0.2) is 44.5 Å². The van der Waals surface area contributed by atoms with Gasteiger partial charge in [0.1, 0.15) is 17.3 Å². The van der Waals surface area contributed by atoms with Gasteiger partial charge in [0.15, 0.2) is 17.3 Å². The summed E-state index contributed by atoms with van der Waals surface area (Å²) in [5.74, 6) is -0.0983. The van der Waals surface area contributed by atoms with Crippen molar-refractivity contribution in [3.05, 3.63) is 41.2 Å². The normalized spacial score (nSPS) is 29.2. The van der Waals surface area contributed by atoms with E-state index in [1.54, 1.807) is 22.9 Å². The summed E-state index contributed by atoms with van der Waals surface area (Å²) in [7, 11) is 0. The van der Waals surface area contributed by atoms with Crippen molar-refractivity contribution >= 4 is 6.21 Å². The summed E-state index contributed by atoms with van der Waals surface area (Å²) in [6, 6.07) is 5.83. The quantitative estimate of drug-likeness (QED) is 0.547. The third kappa shape index (κ3) is 3.65. The van der Waals surface area contributed by atoms with Gasteiger partial charge in [0.05, 0.1) is 6.21 Å². The molecule has 5 rings (SSSR count). The van der Waals surface area contributed by atoms with Crippen LogP contribution in [0.4, 0.5) is 4.39 Å². The summed E-state index contributed by atoms with van der Waals surface area (Å²) >= 11 is 0. The summed E-state index contributed by atoms with van der Waals surface area (Å²) in [6.45, 7) is 10.9. The molecule has 0 bridgehead atoms. The van der Waals surface area contributed by atoms with E-state index in [0.717, 1.165) is 12.6 Å². The van der Waals surface area contributed by atoms with Crippen LogP contribution in [-0.2, 0) is 11.4 Å². The van der Waals surface area contributed by atoms with E-state index in [1.165, 1.54) is 0 Å². The van der Waals surface area contributed by atoms with Crippen LogP contribution in [0.15, 0.2) is 34.8 Å². The summed E-state index contributed by atoms with van der Waals surface area (Å²) in [5, 5.41) is 21.8. The van der Waals surface area contributed by atoms with Crippen LogP contribution in [0.3, 0.4) is 0 Å². The predicted molar refractivity (Wildman–Crippen MR) is 121 cm³/mol. The average Bonchev–Trinajstić information content (AvgIpc) is 3.33. The Labute approximate surface area is 191 Å². The Balaban J connectivity index is 1.39. The molecular weight excluding hydrogens is 425 g/mol. The van der Waals surface area contributed by atoms with E-state index in [0.29, 0.717) is 41.3 Å². The largest absolute Gasteiger partial charge is 0.478 e. The van der Waals surface area contributed by atoms with E-state index in [2.05, 4.69) is 57.2 Å². The SMILES string of the molecule is CC1C[C@@H](CNC2=C(F)C=NC(N)(c3ccc4c(c3)-n3nnnc3C(C)(C)O4)N2)C(C)(C)N1. The second kappa shape index (κ2) is 7.22. The van der Waals surface area contributed by atoms with Crippen LogP contribution in [0, 0.1) is 5.92 Å². The molecule has 11 heteroatoms. The molecule has 0 saturated carbocycles. The third-order valence-electron chi connectivity index (χ3n) is 6.74. The number of nitrogens with zero attached hydrogens (tertiary/aromatic N) is 5. The van der Waals surface area contributed by atoms with Crippen LogP contribution in [0.5, 0.6) is 5.75 Å². The number of aromatic nitrogens is 4. The summed E-state index contributed by atoms with van der Waals surface area (Å²) in [6.07, 6.45) is 2.16. The number of halogens is 1. The van der Waals surface area contributed by atoms with Crippen molar-refractivity contribution in [1.29, 1.82) is 0 Å². The maximum Gasteiger partial charge on any atom is 0.210 e. The Hall–Kier alpha value is -3.05. The topological polar surface area (TPSA) is 127 Å². The second-order valence-electron chi connectivity index (χ2n) is 10.2. The minimum atomic E-state index is -1.37. The van der Waals surface area contributed by atoms with Gasteiger partial charge in [-0.25, -0.2) is 9.38 Å². The molecule has 1 aromatic heterocycles. The van der Waals surface area contributed by atoms with Gasteiger partial charge in [0.2, 0.25) is 5.79 Å². The zero-order valence-corrected chi connectivity index (χ0v) is 19.5. The van der Waals surface area contributed by atoms with E-state index in [-0.39, 0.29) is 11.4 Å². The number of benzene rings is 1. The van der Waals surface area contributed by atoms with E-state index < -0.39 is 17.2 Å². The molecule has 176 valence electrons. The van der Waals surface area contributed by atoms with Gasteiger partial charge in [0, 0.05) is 23.7 Å². The Morgan fingerprint density at radius 3 is 2.82 bits per heavy atom. The summed E-state index contributed by atoms with van der Waals surface area (Å²) < 4.78 is 22.4. The highest BCUT2D eigenvalue weighted by atomic mass is 19.1. The molecule has 1 fully saturated rings. The molecule has 3 atom stereocenters. The predicted octanol–water partition coefficient (Wildman–Crippen LogP) is 1.54. The molecule has 1 saturated heterocycles. The molecule has 0 aliphatic carbocycles. The average molecular weight is 456 g/mol. The molecule has 0 radical (unpaired) electrons. The Morgan fingerprint density at radius 2 is 2.09 bits per heavy atom. The van der Waals surface area contributed by atoms with Gasteiger partial charge in [-0.3, -0.25) is 5.73 Å². The first-order valence-electron chi connectivity index (χ1n) is 11.1. The highest BCUT2D eigenvalue weighted by Crippen LogP contribution is 2.39. The Bertz CT molecular complexity index is 1150. The summed E-state index contributed by atoms with van der Waals surface area (Å²) in [5.41, 5.74) is 7.15. The van der Waals surface area contributed by atoms with Gasteiger partial charge in [-0.05, 0) is 75.6 Å². The lowest BCUT2D eigenvalue weighted by molar-refractivity contribution is 0.0852. The van der Waals surface area contributed by atoms with E-state index in [4.69, 9.17) is 10.5 Å². The lowest BCUT2D eigenvalue weighted by Crippen LogP contribution is -2.54. The van der Waals surface area contributed by atoms with Crippen LogP contribution in [0.25, 0.3) is 5.69 Å². The molecule has 33 heavy (non-hydrogen) atoms. The highest BCUT2D eigenvalue weighted by molar-refractivity contribution is 5.78. The molecule has 10 nitrogen and oxygen atoms in total. The number of allylic oxidation sites excluding steroid dienone is 1.